The van der Waals surface area contributed by atoms with Gasteiger partial charge in [0.05, 0.1) is 35.5 Å². The minimum atomic E-state index is -0.854. The molecular weight excluding hydrogens is 431 g/mol. The fraction of sp³-hybridized carbons (Fsp3) is 0.286. The summed E-state index contributed by atoms with van der Waals surface area (Å²) in [6, 6.07) is 3.74. The summed E-state index contributed by atoms with van der Waals surface area (Å²) in [4.78, 5) is 32.4. The number of pyridine rings is 2. The third-order valence-corrected chi connectivity index (χ3v) is 5.30. The zero-order chi connectivity index (χ0) is 23.4. The fourth-order valence-electron chi connectivity index (χ4n) is 3.63. The van der Waals surface area contributed by atoms with Gasteiger partial charge < -0.3 is 31.9 Å². The predicted molar refractivity (Wildman–Crippen MR) is 119 cm³/mol. The first-order valence-corrected chi connectivity index (χ1v) is 10.4. The zero-order valence-electron chi connectivity index (χ0n) is 17.5. The Hall–Kier alpha value is -4.06. The average molecular weight is 454 g/mol. The highest BCUT2D eigenvalue weighted by Gasteiger charge is 2.24. The molecule has 11 nitrogen and oxygen atoms in total. The predicted octanol–water partition coefficient (Wildman–Crippen LogP) is 2.38. The van der Waals surface area contributed by atoms with Crippen LogP contribution in [0, 0.1) is 5.82 Å². The molecule has 3 heterocycles. The minimum absolute atomic E-state index is 0.0289. The number of hydrogen-bond donors (Lipinski definition) is 5. The van der Waals surface area contributed by atoms with E-state index in [1.165, 1.54) is 24.7 Å². The summed E-state index contributed by atoms with van der Waals surface area (Å²) in [6.45, 7) is 0. The highest BCUT2D eigenvalue weighted by atomic mass is 19.1. The van der Waals surface area contributed by atoms with Crippen LogP contribution in [0.5, 0.6) is 0 Å². The molecule has 4 rings (SSSR count). The maximum Gasteiger partial charge on any atom is 0.294 e. The molecule has 1 fully saturated rings. The summed E-state index contributed by atoms with van der Waals surface area (Å²) in [5.74, 6) is -2.05. The lowest BCUT2D eigenvalue weighted by atomic mass is 9.91. The molecule has 1 aliphatic rings. The molecular formula is C21H23FN8O3. The first-order chi connectivity index (χ1) is 15.9. The molecule has 33 heavy (non-hydrogen) atoms. The van der Waals surface area contributed by atoms with Crippen molar-refractivity contribution in [1.82, 2.24) is 15.1 Å². The van der Waals surface area contributed by atoms with E-state index in [0.29, 0.717) is 11.4 Å². The molecule has 0 aromatic carbocycles. The van der Waals surface area contributed by atoms with E-state index < -0.39 is 17.6 Å². The van der Waals surface area contributed by atoms with Crippen molar-refractivity contribution in [2.75, 3.05) is 16.0 Å². The maximum atomic E-state index is 14.7. The number of amides is 2. The topological polar surface area (TPSA) is 174 Å². The number of rotatable bonds is 7. The number of aromatic nitrogens is 3. The zero-order valence-corrected chi connectivity index (χ0v) is 17.5. The van der Waals surface area contributed by atoms with Gasteiger partial charge in [0, 0.05) is 18.2 Å². The number of carbonyl (C=O) groups excluding carboxylic acids is 2. The third-order valence-electron chi connectivity index (χ3n) is 5.30. The molecule has 0 radical (unpaired) electrons. The van der Waals surface area contributed by atoms with Crippen molar-refractivity contribution < 1.29 is 18.5 Å². The Kier molecular flexibility index (Phi) is 6.45. The van der Waals surface area contributed by atoms with Crippen LogP contribution in [0.4, 0.5) is 27.4 Å². The summed E-state index contributed by atoms with van der Waals surface area (Å²) >= 11 is 0. The van der Waals surface area contributed by atoms with E-state index in [1.807, 2.05) is 0 Å². The number of hydrogen-bond acceptors (Lipinski definition) is 9. The summed E-state index contributed by atoms with van der Waals surface area (Å²) in [7, 11) is 0. The second-order valence-electron chi connectivity index (χ2n) is 7.70. The molecule has 3 aromatic rings. The molecule has 2 atom stereocenters. The molecule has 172 valence electrons. The Labute approximate surface area is 188 Å². The van der Waals surface area contributed by atoms with Crippen molar-refractivity contribution in [2.45, 2.75) is 37.8 Å². The number of nitrogens with one attached hydrogen (secondary N) is 3. The molecule has 7 N–H and O–H groups in total. The Morgan fingerprint density at radius 1 is 1.12 bits per heavy atom. The van der Waals surface area contributed by atoms with Crippen LogP contribution in [-0.2, 0) is 0 Å². The molecule has 12 heteroatoms. The lowest BCUT2D eigenvalue weighted by Gasteiger charge is -2.30. The Morgan fingerprint density at radius 2 is 1.91 bits per heavy atom. The molecule has 0 spiro atoms. The number of anilines is 4. The fourth-order valence-corrected chi connectivity index (χ4v) is 3.63. The van der Waals surface area contributed by atoms with E-state index in [4.69, 9.17) is 16.0 Å². The van der Waals surface area contributed by atoms with Crippen molar-refractivity contribution in [2.24, 2.45) is 11.5 Å². The largest absolute Gasteiger partial charge is 0.365 e. The Balaban J connectivity index is 1.57. The number of nitrogens with zero attached hydrogens (tertiary/aromatic N) is 3. The molecule has 1 aliphatic carbocycles. The smallest absolute Gasteiger partial charge is 0.294 e. The maximum absolute atomic E-state index is 14.7. The van der Waals surface area contributed by atoms with Gasteiger partial charge in [0.2, 0.25) is 5.76 Å². The second-order valence-corrected chi connectivity index (χ2v) is 7.70. The third kappa shape index (κ3) is 5.23. The standard InChI is InChI=1S/C21H23FN8O3/c22-14-8-13(18(24)31)19(30-20(14)29-16-4-2-1-3-15(16)23)27-11-7-12(10-25-9-11)28-21(32)17-5-6-26-33-17/h5-10,15-16H,1-4,23H2,(H2,24,31)(H,28,32)(H2,27,29,30)/t15-,16+/m0/s1. The van der Waals surface area contributed by atoms with E-state index >= 15 is 0 Å². The molecule has 0 bridgehead atoms. The molecule has 2 amide bonds. The van der Waals surface area contributed by atoms with Crippen LogP contribution in [-0.4, -0.2) is 39.0 Å². The van der Waals surface area contributed by atoms with Crippen LogP contribution in [0.2, 0.25) is 0 Å². The van der Waals surface area contributed by atoms with Gasteiger partial charge in [-0.25, -0.2) is 9.37 Å². The number of primary amides is 1. The first-order valence-electron chi connectivity index (χ1n) is 10.4. The first kappa shape index (κ1) is 22.1. The monoisotopic (exact) mass is 454 g/mol. The Morgan fingerprint density at radius 3 is 2.64 bits per heavy atom. The van der Waals surface area contributed by atoms with Crippen LogP contribution in [0.3, 0.4) is 0 Å². The molecule has 3 aromatic heterocycles. The summed E-state index contributed by atoms with van der Waals surface area (Å²) in [5, 5.41) is 12.1. The van der Waals surface area contributed by atoms with E-state index in [1.54, 1.807) is 6.07 Å². The number of carbonyl (C=O) groups is 2. The van der Waals surface area contributed by atoms with Crippen molar-refractivity contribution in [3.8, 4) is 0 Å². The number of halogens is 1. The summed E-state index contributed by atoms with van der Waals surface area (Å²) < 4.78 is 19.5. The van der Waals surface area contributed by atoms with Gasteiger partial charge in [0.1, 0.15) is 5.82 Å². The van der Waals surface area contributed by atoms with Crippen LogP contribution in [0.1, 0.15) is 46.6 Å². The lowest BCUT2D eigenvalue weighted by molar-refractivity contribution is 0.0984. The van der Waals surface area contributed by atoms with Crippen molar-refractivity contribution in [3.63, 3.8) is 0 Å². The van der Waals surface area contributed by atoms with Crippen LogP contribution in [0.15, 0.2) is 41.3 Å². The molecule has 0 saturated heterocycles. The highest BCUT2D eigenvalue weighted by Crippen LogP contribution is 2.27. The van der Waals surface area contributed by atoms with Crippen molar-refractivity contribution >= 4 is 34.8 Å². The SMILES string of the molecule is NC(=O)c1cc(F)c(N[C@@H]2CCCC[C@@H]2N)nc1Nc1cncc(NC(=O)c2ccno2)c1. The summed E-state index contributed by atoms with van der Waals surface area (Å²) in [5.41, 5.74) is 12.2. The normalized spacial score (nSPS) is 17.9. The van der Waals surface area contributed by atoms with Gasteiger partial charge in [-0.2, -0.15) is 0 Å². The van der Waals surface area contributed by atoms with Gasteiger partial charge in [-0.05, 0) is 25.0 Å². The van der Waals surface area contributed by atoms with E-state index in [0.717, 1.165) is 31.7 Å². The number of nitrogens with two attached hydrogens (primary N) is 2. The van der Waals surface area contributed by atoms with Crippen LogP contribution >= 0.6 is 0 Å². The Bertz CT molecular complexity index is 1150. The van der Waals surface area contributed by atoms with E-state index in [9.17, 15) is 14.0 Å². The minimum Gasteiger partial charge on any atom is -0.365 e. The van der Waals surface area contributed by atoms with Gasteiger partial charge in [0.25, 0.3) is 11.8 Å². The van der Waals surface area contributed by atoms with Gasteiger partial charge in [0.15, 0.2) is 11.6 Å². The van der Waals surface area contributed by atoms with Crippen molar-refractivity contribution in [1.29, 1.82) is 0 Å². The van der Waals surface area contributed by atoms with Gasteiger partial charge in [-0.3, -0.25) is 14.6 Å². The quantitative estimate of drug-likeness (QED) is 0.359. The molecule has 0 aliphatic heterocycles. The van der Waals surface area contributed by atoms with E-state index in [-0.39, 0.29) is 35.0 Å². The van der Waals surface area contributed by atoms with Crippen LogP contribution in [0.25, 0.3) is 0 Å². The lowest BCUT2D eigenvalue weighted by Crippen LogP contribution is -2.43. The highest BCUT2D eigenvalue weighted by molar-refractivity contribution is 6.02. The van der Waals surface area contributed by atoms with Crippen molar-refractivity contribution in [3.05, 3.63) is 53.9 Å². The molecule has 0 unspecified atom stereocenters. The molecule has 1 saturated carbocycles. The van der Waals surface area contributed by atoms with Gasteiger partial charge >= 0.3 is 0 Å². The van der Waals surface area contributed by atoms with Crippen LogP contribution < -0.4 is 27.4 Å². The van der Waals surface area contributed by atoms with E-state index in [2.05, 4.69) is 31.1 Å². The second kappa shape index (κ2) is 9.61. The van der Waals surface area contributed by atoms with Gasteiger partial charge in [-0.15, -0.1) is 0 Å². The van der Waals surface area contributed by atoms with Gasteiger partial charge in [-0.1, -0.05) is 18.0 Å². The average Bonchev–Trinajstić information content (AvgIpc) is 3.33. The summed E-state index contributed by atoms with van der Waals surface area (Å²) in [6.07, 6.45) is 7.85.